The zero-order valence-electron chi connectivity index (χ0n) is 13.8. The molecule has 0 heterocycles. The molecule has 3 rings (SSSR count). The summed E-state index contributed by atoms with van der Waals surface area (Å²) in [6.45, 7) is 2.31. The van der Waals surface area contributed by atoms with Gasteiger partial charge in [-0.3, -0.25) is 0 Å². The second-order valence-corrected chi connectivity index (χ2v) is 7.18. The molecule has 22 heavy (non-hydrogen) atoms. The van der Waals surface area contributed by atoms with Gasteiger partial charge in [-0.2, -0.15) is 0 Å². The third-order valence-corrected chi connectivity index (χ3v) is 5.52. The van der Waals surface area contributed by atoms with E-state index in [0.717, 1.165) is 50.0 Å². The molecule has 2 saturated carbocycles. The summed E-state index contributed by atoms with van der Waals surface area (Å²) in [5.74, 6) is 1.72. The predicted molar refractivity (Wildman–Crippen MR) is 87.7 cm³/mol. The predicted octanol–water partition coefficient (Wildman–Crippen LogP) is 4.21. The lowest BCUT2D eigenvalue weighted by atomic mass is 9.70. The van der Waals surface area contributed by atoms with Crippen molar-refractivity contribution in [2.45, 2.75) is 75.9 Å². The van der Waals surface area contributed by atoms with Crippen LogP contribution in [0.15, 0.2) is 18.2 Å². The Hall–Kier alpha value is -1.22. The van der Waals surface area contributed by atoms with E-state index in [2.05, 4.69) is 19.1 Å². The SMILES string of the molecule is COc1ccc(C2(C)CCC(O)CC2)cc1OC1CCCC1. The number of aliphatic hydroxyl groups is 1. The highest BCUT2D eigenvalue weighted by atomic mass is 16.5. The Morgan fingerprint density at radius 3 is 2.36 bits per heavy atom. The third-order valence-electron chi connectivity index (χ3n) is 5.52. The number of ether oxygens (including phenoxy) is 2. The first-order valence-electron chi connectivity index (χ1n) is 8.64. The van der Waals surface area contributed by atoms with Crippen LogP contribution in [0.3, 0.4) is 0 Å². The van der Waals surface area contributed by atoms with Crippen LogP contribution in [-0.2, 0) is 5.41 Å². The first-order valence-corrected chi connectivity index (χ1v) is 8.64. The molecule has 1 aromatic carbocycles. The van der Waals surface area contributed by atoms with Crippen LogP contribution in [0, 0.1) is 0 Å². The molecule has 122 valence electrons. The summed E-state index contributed by atoms with van der Waals surface area (Å²) < 4.78 is 11.7. The van der Waals surface area contributed by atoms with Crippen LogP contribution in [-0.4, -0.2) is 24.4 Å². The molecule has 0 aliphatic heterocycles. The molecule has 2 fully saturated rings. The summed E-state index contributed by atoms with van der Waals surface area (Å²) in [4.78, 5) is 0. The van der Waals surface area contributed by atoms with Gasteiger partial charge in [0.25, 0.3) is 0 Å². The number of hydrogen-bond acceptors (Lipinski definition) is 3. The smallest absolute Gasteiger partial charge is 0.161 e. The monoisotopic (exact) mass is 304 g/mol. The molecule has 0 unspecified atom stereocenters. The van der Waals surface area contributed by atoms with Gasteiger partial charge in [-0.25, -0.2) is 0 Å². The van der Waals surface area contributed by atoms with Gasteiger partial charge < -0.3 is 14.6 Å². The van der Waals surface area contributed by atoms with Gasteiger partial charge in [0.05, 0.1) is 19.3 Å². The summed E-state index contributed by atoms with van der Waals surface area (Å²) >= 11 is 0. The molecule has 2 aliphatic rings. The highest BCUT2D eigenvalue weighted by Crippen LogP contribution is 2.42. The number of aliphatic hydroxyl groups excluding tert-OH is 1. The van der Waals surface area contributed by atoms with E-state index in [-0.39, 0.29) is 11.5 Å². The molecule has 0 radical (unpaired) electrons. The summed E-state index contributed by atoms with van der Waals surface area (Å²) in [6, 6.07) is 6.38. The van der Waals surface area contributed by atoms with Gasteiger partial charge in [0, 0.05) is 0 Å². The fourth-order valence-corrected chi connectivity index (χ4v) is 3.86. The van der Waals surface area contributed by atoms with Crippen LogP contribution in [0.1, 0.15) is 63.9 Å². The maximum absolute atomic E-state index is 9.77. The fourth-order valence-electron chi connectivity index (χ4n) is 3.86. The molecule has 0 amide bonds. The first kappa shape index (κ1) is 15.7. The maximum Gasteiger partial charge on any atom is 0.161 e. The summed E-state index contributed by atoms with van der Waals surface area (Å²) in [6.07, 6.45) is 8.89. The molecule has 0 saturated heterocycles. The molecule has 3 nitrogen and oxygen atoms in total. The molecule has 0 aromatic heterocycles. The second kappa shape index (κ2) is 6.49. The summed E-state index contributed by atoms with van der Waals surface area (Å²) in [5, 5.41) is 9.77. The summed E-state index contributed by atoms with van der Waals surface area (Å²) in [5.41, 5.74) is 1.45. The minimum absolute atomic E-state index is 0.125. The van der Waals surface area contributed by atoms with E-state index >= 15 is 0 Å². The number of methoxy groups -OCH3 is 1. The normalized spacial score (nSPS) is 29.5. The Bertz CT molecular complexity index is 497. The van der Waals surface area contributed by atoms with Crippen molar-refractivity contribution in [1.29, 1.82) is 0 Å². The van der Waals surface area contributed by atoms with Gasteiger partial charge in [-0.1, -0.05) is 13.0 Å². The molecule has 0 spiro atoms. The van der Waals surface area contributed by atoms with Crippen LogP contribution < -0.4 is 9.47 Å². The van der Waals surface area contributed by atoms with Gasteiger partial charge in [0.15, 0.2) is 11.5 Å². The van der Waals surface area contributed by atoms with Gasteiger partial charge in [-0.05, 0) is 74.5 Å². The highest BCUT2D eigenvalue weighted by molar-refractivity contribution is 5.45. The Balaban J connectivity index is 1.82. The molecule has 1 aromatic rings. The minimum atomic E-state index is -0.125. The van der Waals surface area contributed by atoms with E-state index in [0.29, 0.717) is 6.10 Å². The lowest BCUT2D eigenvalue weighted by Crippen LogP contribution is -2.30. The van der Waals surface area contributed by atoms with E-state index < -0.39 is 0 Å². The minimum Gasteiger partial charge on any atom is -0.493 e. The van der Waals surface area contributed by atoms with Crippen LogP contribution in [0.2, 0.25) is 0 Å². The van der Waals surface area contributed by atoms with Crippen LogP contribution in [0.4, 0.5) is 0 Å². The Morgan fingerprint density at radius 2 is 1.73 bits per heavy atom. The second-order valence-electron chi connectivity index (χ2n) is 7.18. The van der Waals surface area contributed by atoms with E-state index in [1.165, 1.54) is 18.4 Å². The molecular formula is C19H28O3. The number of benzene rings is 1. The van der Waals surface area contributed by atoms with Crippen molar-refractivity contribution in [3.8, 4) is 11.5 Å². The largest absolute Gasteiger partial charge is 0.493 e. The average molecular weight is 304 g/mol. The molecule has 3 heteroatoms. The van der Waals surface area contributed by atoms with Crippen LogP contribution >= 0.6 is 0 Å². The molecule has 0 atom stereocenters. The van der Waals surface area contributed by atoms with E-state index in [1.54, 1.807) is 7.11 Å². The van der Waals surface area contributed by atoms with Crippen molar-refractivity contribution in [2.75, 3.05) is 7.11 Å². The van der Waals surface area contributed by atoms with Gasteiger partial charge in [-0.15, -0.1) is 0 Å². The standard InChI is InChI=1S/C19H28O3/c1-19(11-9-15(20)10-12-19)14-7-8-17(21-2)18(13-14)22-16-5-3-4-6-16/h7-8,13,15-16,20H,3-6,9-12H2,1-2H3. The molecule has 0 bridgehead atoms. The Kier molecular flexibility index (Phi) is 4.62. The third kappa shape index (κ3) is 3.24. The lowest BCUT2D eigenvalue weighted by molar-refractivity contribution is 0.100. The van der Waals surface area contributed by atoms with E-state index in [9.17, 15) is 5.11 Å². The van der Waals surface area contributed by atoms with Crippen molar-refractivity contribution >= 4 is 0 Å². The maximum atomic E-state index is 9.77. The quantitative estimate of drug-likeness (QED) is 0.905. The number of hydrogen-bond donors (Lipinski definition) is 1. The van der Waals surface area contributed by atoms with Gasteiger partial charge in [0.1, 0.15) is 0 Å². The molecule has 1 N–H and O–H groups in total. The van der Waals surface area contributed by atoms with Crippen molar-refractivity contribution in [2.24, 2.45) is 0 Å². The lowest BCUT2D eigenvalue weighted by Gasteiger charge is -2.36. The molecular weight excluding hydrogens is 276 g/mol. The topological polar surface area (TPSA) is 38.7 Å². The van der Waals surface area contributed by atoms with Gasteiger partial charge in [0.2, 0.25) is 0 Å². The van der Waals surface area contributed by atoms with E-state index in [4.69, 9.17) is 9.47 Å². The number of rotatable bonds is 4. The van der Waals surface area contributed by atoms with Crippen molar-refractivity contribution in [3.63, 3.8) is 0 Å². The van der Waals surface area contributed by atoms with Crippen molar-refractivity contribution in [1.82, 2.24) is 0 Å². The average Bonchev–Trinajstić information content (AvgIpc) is 3.03. The Morgan fingerprint density at radius 1 is 1.05 bits per heavy atom. The summed E-state index contributed by atoms with van der Waals surface area (Å²) in [7, 11) is 1.70. The fraction of sp³-hybridized carbons (Fsp3) is 0.684. The van der Waals surface area contributed by atoms with Crippen molar-refractivity contribution < 1.29 is 14.6 Å². The van der Waals surface area contributed by atoms with Crippen molar-refractivity contribution in [3.05, 3.63) is 23.8 Å². The first-order chi connectivity index (χ1) is 10.6. The zero-order chi connectivity index (χ0) is 15.6. The van der Waals surface area contributed by atoms with E-state index in [1.807, 2.05) is 6.07 Å². The Labute approximate surface area is 133 Å². The van der Waals surface area contributed by atoms with Crippen LogP contribution in [0.25, 0.3) is 0 Å². The zero-order valence-corrected chi connectivity index (χ0v) is 13.8. The van der Waals surface area contributed by atoms with Crippen LogP contribution in [0.5, 0.6) is 11.5 Å². The van der Waals surface area contributed by atoms with Gasteiger partial charge >= 0.3 is 0 Å². The highest BCUT2D eigenvalue weighted by Gasteiger charge is 2.33. The molecule has 2 aliphatic carbocycles.